The van der Waals surface area contributed by atoms with Crippen LogP contribution in [0.1, 0.15) is 37.4 Å². The van der Waals surface area contributed by atoms with Crippen molar-refractivity contribution >= 4 is 0 Å². The summed E-state index contributed by atoms with van der Waals surface area (Å²) in [5.41, 5.74) is 0.888. The van der Waals surface area contributed by atoms with Gasteiger partial charge in [0.05, 0.1) is 12.7 Å². The van der Waals surface area contributed by atoms with Crippen LogP contribution >= 0.6 is 0 Å². The molecule has 0 radical (unpaired) electrons. The van der Waals surface area contributed by atoms with E-state index in [0.29, 0.717) is 12.0 Å². The molecular formula is C16H21F2NO2. The fourth-order valence-corrected chi connectivity index (χ4v) is 3.34. The zero-order chi connectivity index (χ0) is 14.7. The Labute approximate surface area is 123 Å². The second kappa shape index (κ2) is 6.71. The molecule has 3 rings (SSSR count). The van der Waals surface area contributed by atoms with Crippen molar-refractivity contribution in [3.8, 4) is 5.75 Å². The highest BCUT2D eigenvalue weighted by Gasteiger charge is 2.30. The van der Waals surface area contributed by atoms with Crippen molar-refractivity contribution in [1.82, 2.24) is 5.32 Å². The van der Waals surface area contributed by atoms with Crippen LogP contribution < -0.4 is 10.1 Å². The maximum absolute atomic E-state index is 12.3. The molecule has 1 saturated carbocycles. The van der Waals surface area contributed by atoms with Crippen LogP contribution in [0.3, 0.4) is 0 Å². The third kappa shape index (κ3) is 3.71. The largest absolute Gasteiger partial charge is 0.435 e. The van der Waals surface area contributed by atoms with Crippen molar-refractivity contribution in [3.05, 3.63) is 29.8 Å². The molecule has 1 aromatic carbocycles. The van der Waals surface area contributed by atoms with Crippen molar-refractivity contribution in [2.45, 2.75) is 44.4 Å². The minimum absolute atomic E-state index is 0.100. The highest BCUT2D eigenvalue weighted by molar-refractivity contribution is 5.30. The Kier molecular flexibility index (Phi) is 4.70. The molecule has 0 spiro atoms. The summed E-state index contributed by atoms with van der Waals surface area (Å²) < 4.78 is 35.1. The first kappa shape index (κ1) is 14.7. The normalized spacial score (nSPS) is 29.8. The smallest absolute Gasteiger partial charge is 0.387 e. The van der Waals surface area contributed by atoms with Crippen molar-refractivity contribution in [3.63, 3.8) is 0 Å². The van der Waals surface area contributed by atoms with Gasteiger partial charge in [-0.3, -0.25) is 0 Å². The fourth-order valence-electron chi connectivity index (χ4n) is 3.34. The van der Waals surface area contributed by atoms with Gasteiger partial charge in [0.15, 0.2) is 0 Å². The number of halogens is 2. The third-order valence-corrected chi connectivity index (χ3v) is 4.44. The van der Waals surface area contributed by atoms with E-state index in [1.165, 1.54) is 25.7 Å². The highest BCUT2D eigenvalue weighted by atomic mass is 19.3. The second-order valence-corrected chi connectivity index (χ2v) is 5.83. The summed E-state index contributed by atoms with van der Waals surface area (Å²) in [7, 11) is 0. The number of fused-ring (bicyclic) bond motifs is 1. The molecule has 0 amide bonds. The molecule has 2 aliphatic rings. The minimum Gasteiger partial charge on any atom is -0.435 e. The molecule has 3 unspecified atom stereocenters. The maximum atomic E-state index is 12.3. The Morgan fingerprint density at radius 2 is 2.10 bits per heavy atom. The van der Waals surface area contributed by atoms with Crippen LogP contribution in [-0.4, -0.2) is 25.8 Å². The van der Waals surface area contributed by atoms with Crippen LogP contribution in [0.5, 0.6) is 5.75 Å². The van der Waals surface area contributed by atoms with Gasteiger partial charge in [-0.05, 0) is 36.5 Å². The fraction of sp³-hybridized carbons (Fsp3) is 0.625. The average Bonchev–Trinajstić information content (AvgIpc) is 2.69. The highest BCUT2D eigenvalue weighted by Crippen LogP contribution is 2.31. The first-order chi connectivity index (χ1) is 10.2. The minimum atomic E-state index is -2.80. The van der Waals surface area contributed by atoms with E-state index in [1.807, 2.05) is 6.07 Å². The molecule has 2 fully saturated rings. The van der Waals surface area contributed by atoms with E-state index in [0.717, 1.165) is 18.7 Å². The summed E-state index contributed by atoms with van der Waals surface area (Å²) in [6.45, 7) is -1.34. The van der Waals surface area contributed by atoms with Crippen LogP contribution in [-0.2, 0) is 4.74 Å². The topological polar surface area (TPSA) is 30.5 Å². The monoisotopic (exact) mass is 297 g/mol. The Bertz CT molecular complexity index is 453. The quantitative estimate of drug-likeness (QED) is 0.926. The standard InChI is InChI=1S/C16H21F2NO2/c17-16(18)21-13-6-3-5-11(8-13)15-9-19-14-7-2-1-4-12(14)10-20-15/h3,5-6,8,12,14-16,19H,1-2,4,7,9-10H2. The molecule has 0 aromatic heterocycles. The molecule has 1 saturated heterocycles. The van der Waals surface area contributed by atoms with Crippen LogP contribution in [0.4, 0.5) is 8.78 Å². The lowest BCUT2D eigenvalue weighted by Gasteiger charge is -2.29. The first-order valence-corrected chi connectivity index (χ1v) is 7.62. The molecule has 21 heavy (non-hydrogen) atoms. The number of ether oxygens (including phenoxy) is 2. The summed E-state index contributed by atoms with van der Waals surface area (Å²) in [5.74, 6) is 0.761. The number of benzene rings is 1. The SMILES string of the molecule is FC(F)Oc1cccc(C2CNC3CCCCC3CO2)c1. The van der Waals surface area contributed by atoms with Gasteiger partial charge in [-0.15, -0.1) is 0 Å². The van der Waals surface area contributed by atoms with Crippen LogP contribution in [0.15, 0.2) is 24.3 Å². The van der Waals surface area contributed by atoms with E-state index >= 15 is 0 Å². The molecule has 5 heteroatoms. The molecule has 1 aliphatic heterocycles. The van der Waals surface area contributed by atoms with Gasteiger partial charge in [-0.1, -0.05) is 25.0 Å². The third-order valence-electron chi connectivity index (χ3n) is 4.44. The van der Waals surface area contributed by atoms with Crippen LogP contribution in [0, 0.1) is 5.92 Å². The molecule has 1 aromatic rings. The lowest BCUT2D eigenvalue weighted by molar-refractivity contribution is -0.0500. The number of alkyl halides is 2. The van der Waals surface area contributed by atoms with Crippen molar-refractivity contribution in [2.24, 2.45) is 5.92 Å². The zero-order valence-electron chi connectivity index (χ0n) is 11.9. The molecule has 3 atom stereocenters. The number of rotatable bonds is 3. The van der Waals surface area contributed by atoms with E-state index < -0.39 is 6.61 Å². The van der Waals surface area contributed by atoms with Gasteiger partial charge in [-0.2, -0.15) is 8.78 Å². The lowest BCUT2D eigenvalue weighted by atomic mass is 9.85. The summed E-state index contributed by atoms with van der Waals surface area (Å²) >= 11 is 0. The zero-order valence-corrected chi connectivity index (χ0v) is 11.9. The van der Waals surface area contributed by atoms with Gasteiger partial charge in [0.2, 0.25) is 0 Å². The van der Waals surface area contributed by atoms with Gasteiger partial charge in [0.25, 0.3) is 0 Å². The lowest BCUT2D eigenvalue weighted by Crippen LogP contribution is -2.38. The summed E-state index contributed by atoms with van der Waals surface area (Å²) in [6, 6.07) is 7.35. The predicted octanol–water partition coefficient (Wildman–Crippen LogP) is 3.51. The van der Waals surface area contributed by atoms with Crippen molar-refractivity contribution in [2.75, 3.05) is 13.2 Å². The second-order valence-electron chi connectivity index (χ2n) is 5.83. The molecule has 0 bridgehead atoms. The molecule has 1 heterocycles. The summed E-state index contributed by atoms with van der Waals surface area (Å²) in [5, 5.41) is 3.58. The maximum Gasteiger partial charge on any atom is 0.387 e. The van der Waals surface area contributed by atoms with Crippen LogP contribution in [0.2, 0.25) is 0 Å². The number of hydrogen-bond donors (Lipinski definition) is 1. The number of hydrogen-bond acceptors (Lipinski definition) is 3. The van der Waals surface area contributed by atoms with E-state index in [-0.39, 0.29) is 11.9 Å². The van der Waals surface area contributed by atoms with E-state index in [4.69, 9.17) is 4.74 Å². The van der Waals surface area contributed by atoms with Crippen molar-refractivity contribution < 1.29 is 18.3 Å². The van der Waals surface area contributed by atoms with Crippen molar-refractivity contribution in [1.29, 1.82) is 0 Å². The van der Waals surface area contributed by atoms with Gasteiger partial charge in [0, 0.05) is 12.6 Å². The molecule has 3 nitrogen and oxygen atoms in total. The number of nitrogens with one attached hydrogen (secondary N) is 1. The Morgan fingerprint density at radius 3 is 2.95 bits per heavy atom. The average molecular weight is 297 g/mol. The van der Waals surface area contributed by atoms with E-state index in [9.17, 15) is 8.78 Å². The van der Waals surface area contributed by atoms with Crippen LogP contribution in [0.25, 0.3) is 0 Å². The van der Waals surface area contributed by atoms with E-state index in [1.54, 1.807) is 18.2 Å². The van der Waals surface area contributed by atoms with Gasteiger partial charge < -0.3 is 14.8 Å². The Hall–Kier alpha value is -1.20. The Balaban J connectivity index is 1.69. The molecule has 1 aliphatic carbocycles. The molecular weight excluding hydrogens is 276 g/mol. The molecule has 1 N–H and O–H groups in total. The van der Waals surface area contributed by atoms with Gasteiger partial charge in [0.1, 0.15) is 5.75 Å². The van der Waals surface area contributed by atoms with Gasteiger partial charge in [-0.25, -0.2) is 0 Å². The predicted molar refractivity (Wildman–Crippen MR) is 75.5 cm³/mol. The van der Waals surface area contributed by atoms with Gasteiger partial charge >= 0.3 is 6.61 Å². The molecule has 116 valence electrons. The summed E-state index contributed by atoms with van der Waals surface area (Å²) in [6.07, 6.45) is 4.86. The summed E-state index contributed by atoms with van der Waals surface area (Å²) in [4.78, 5) is 0. The first-order valence-electron chi connectivity index (χ1n) is 7.62. The Morgan fingerprint density at radius 1 is 1.24 bits per heavy atom. The van der Waals surface area contributed by atoms with E-state index in [2.05, 4.69) is 10.1 Å².